The van der Waals surface area contributed by atoms with Crippen LogP contribution >= 0.6 is 0 Å². The van der Waals surface area contributed by atoms with Gasteiger partial charge in [0.25, 0.3) is 0 Å². The molecule has 1 spiro atoms. The zero-order chi connectivity index (χ0) is 29.3. The molecule has 2 bridgehead atoms. The van der Waals surface area contributed by atoms with Gasteiger partial charge in [-0.25, -0.2) is 4.79 Å². The third-order valence-corrected chi connectivity index (χ3v) is 10.8. The van der Waals surface area contributed by atoms with Crippen molar-refractivity contribution < 1.29 is 19.5 Å². The van der Waals surface area contributed by atoms with Crippen LogP contribution in [-0.4, -0.2) is 107 Å². The Hall–Kier alpha value is -2.20. The van der Waals surface area contributed by atoms with Gasteiger partial charge in [0.1, 0.15) is 0 Å². The molecule has 5 fully saturated rings. The first-order valence-electron chi connectivity index (χ1n) is 16.5. The highest BCUT2D eigenvalue weighted by Crippen LogP contribution is 2.48. The van der Waals surface area contributed by atoms with E-state index in [0.29, 0.717) is 43.9 Å². The zero-order valence-electron chi connectivity index (χ0n) is 25.6. The number of hydrogen-bond donors (Lipinski definition) is 2. The highest BCUT2D eigenvalue weighted by Gasteiger charge is 2.57. The highest BCUT2D eigenvalue weighted by molar-refractivity contribution is 5.79. The van der Waals surface area contributed by atoms with Gasteiger partial charge >= 0.3 is 6.03 Å². The summed E-state index contributed by atoms with van der Waals surface area (Å²) in [6.45, 7) is 9.77. The molecule has 1 aromatic rings. The number of carbonyl (C=O) groups excluding carboxylic acids is 2. The summed E-state index contributed by atoms with van der Waals surface area (Å²) < 4.78 is 5.58. The van der Waals surface area contributed by atoms with Gasteiger partial charge in [-0.3, -0.25) is 9.69 Å². The number of fused-ring (bicyclic) bond motifs is 2. The Bertz CT molecular complexity index is 1060. The topological polar surface area (TPSA) is 88.6 Å². The second-order valence-electron chi connectivity index (χ2n) is 13.9. The number of amides is 3. The average Bonchev–Trinajstić information content (AvgIpc) is 3.40. The van der Waals surface area contributed by atoms with Gasteiger partial charge in [-0.15, -0.1) is 0 Å². The van der Waals surface area contributed by atoms with Gasteiger partial charge in [0.15, 0.2) is 0 Å². The fraction of sp³-hybridized carbons (Fsp3) is 0.758. The maximum absolute atomic E-state index is 13.8. The summed E-state index contributed by atoms with van der Waals surface area (Å²) in [6, 6.07) is 11.7. The van der Waals surface area contributed by atoms with E-state index in [1.54, 1.807) is 0 Å². The molecule has 5 aliphatic heterocycles. The molecule has 2 N–H and O–H groups in total. The number of ether oxygens (including phenoxy) is 1. The SMILES string of the molecule is CC(C)N1C(=O)N(CC2CCOCC2)CC12CC1CCC(C2)N1CC[C@H](NC(=O)C1CCN(O)CC1)c1ccccc1. The van der Waals surface area contributed by atoms with Crippen LogP contribution in [0.3, 0.4) is 0 Å². The Morgan fingerprint density at radius 1 is 1.02 bits per heavy atom. The molecule has 3 amide bonds. The number of carbonyl (C=O) groups is 2. The third kappa shape index (κ3) is 6.21. The molecule has 9 nitrogen and oxygen atoms in total. The summed E-state index contributed by atoms with van der Waals surface area (Å²) >= 11 is 0. The first-order chi connectivity index (χ1) is 20.3. The molecular formula is C33H51N5O4. The molecule has 1 aromatic carbocycles. The molecule has 0 radical (unpaired) electrons. The highest BCUT2D eigenvalue weighted by atomic mass is 16.5. The van der Waals surface area contributed by atoms with Gasteiger partial charge in [-0.2, -0.15) is 5.06 Å². The number of piperidine rings is 2. The van der Waals surface area contributed by atoms with Gasteiger partial charge in [0.2, 0.25) is 5.91 Å². The molecule has 0 aliphatic carbocycles. The van der Waals surface area contributed by atoms with Crippen LogP contribution in [0.5, 0.6) is 0 Å². The van der Waals surface area contributed by atoms with E-state index in [4.69, 9.17) is 4.74 Å². The van der Waals surface area contributed by atoms with Crippen LogP contribution in [-0.2, 0) is 9.53 Å². The number of hydrogen-bond acceptors (Lipinski definition) is 6. The molecule has 6 rings (SSSR count). The number of hydroxylamine groups is 2. The van der Waals surface area contributed by atoms with E-state index in [-0.39, 0.29) is 35.5 Å². The van der Waals surface area contributed by atoms with E-state index in [2.05, 4.69) is 58.1 Å². The fourth-order valence-corrected chi connectivity index (χ4v) is 8.81. The second kappa shape index (κ2) is 12.8. The lowest BCUT2D eigenvalue weighted by Crippen LogP contribution is -2.60. The molecule has 3 atom stereocenters. The minimum absolute atomic E-state index is 0.0312. The van der Waals surface area contributed by atoms with Crippen molar-refractivity contribution in [3.05, 3.63) is 35.9 Å². The quantitative estimate of drug-likeness (QED) is 0.453. The molecule has 0 aromatic heterocycles. The summed E-state index contributed by atoms with van der Waals surface area (Å²) in [5, 5.41) is 14.5. The summed E-state index contributed by atoms with van der Waals surface area (Å²) in [6.07, 6.45) is 8.83. The molecule has 42 heavy (non-hydrogen) atoms. The smallest absolute Gasteiger partial charge is 0.320 e. The predicted octanol–water partition coefficient (Wildman–Crippen LogP) is 4.27. The van der Waals surface area contributed by atoms with E-state index >= 15 is 0 Å². The van der Waals surface area contributed by atoms with E-state index < -0.39 is 0 Å². The van der Waals surface area contributed by atoms with Crippen molar-refractivity contribution in [1.29, 1.82) is 0 Å². The minimum Gasteiger partial charge on any atom is -0.381 e. The Morgan fingerprint density at radius 2 is 1.69 bits per heavy atom. The summed E-state index contributed by atoms with van der Waals surface area (Å²) in [4.78, 5) is 34.2. The monoisotopic (exact) mass is 581 g/mol. The molecule has 0 saturated carbocycles. The van der Waals surface area contributed by atoms with Crippen LogP contribution in [0.25, 0.3) is 0 Å². The molecule has 9 heteroatoms. The summed E-state index contributed by atoms with van der Waals surface area (Å²) in [7, 11) is 0. The standard InChI is InChI=1S/C33H51N5O4/c1-24(2)38-32(40)35(22-25-13-18-42-19-14-25)23-33(38)20-28-8-9-29(21-33)37(28)17-12-30(26-6-4-3-5-7-26)34-31(39)27-10-15-36(41)16-11-27/h3-7,24-25,27-30,41H,8-23H2,1-2H3,(H,34,39)/t28?,29?,30-,33?/m0/s1. The van der Waals surface area contributed by atoms with Crippen LogP contribution in [0.1, 0.15) is 83.2 Å². The Kier molecular flexibility index (Phi) is 9.10. The normalized spacial score (nSPS) is 30.5. The van der Waals surface area contributed by atoms with E-state index in [9.17, 15) is 14.8 Å². The van der Waals surface area contributed by atoms with E-state index in [1.165, 1.54) is 17.9 Å². The maximum Gasteiger partial charge on any atom is 0.320 e. The first kappa shape index (κ1) is 29.9. The second-order valence-corrected chi connectivity index (χ2v) is 13.9. The lowest BCUT2D eigenvalue weighted by atomic mass is 9.81. The molecule has 5 heterocycles. The van der Waals surface area contributed by atoms with E-state index in [1.807, 2.05) is 6.07 Å². The van der Waals surface area contributed by atoms with Crippen molar-refractivity contribution in [2.75, 3.05) is 45.9 Å². The zero-order valence-corrected chi connectivity index (χ0v) is 25.6. The lowest BCUT2D eigenvalue weighted by Gasteiger charge is -2.49. The fourth-order valence-electron chi connectivity index (χ4n) is 8.81. The van der Waals surface area contributed by atoms with Gasteiger partial charge in [0.05, 0.1) is 11.6 Å². The van der Waals surface area contributed by atoms with Gasteiger partial charge in [0, 0.05) is 70.0 Å². The van der Waals surface area contributed by atoms with Crippen molar-refractivity contribution in [3.8, 4) is 0 Å². The van der Waals surface area contributed by atoms with Crippen LogP contribution in [0.15, 0.2) is 30.3 Å². The van der Waals surface area contributed by atoms with Crippen molar-refractivity contribution in [2.45, 2.75) is 101 Å². The van der Waals surface area contributed by atoms with E-state index in [0.717, 1.165) is 70.5 Å². The van der Waals surface area contributed by atoms with Crippen molar-refractivity contribution in [3.63, 3.8) is 0 Å². The van der Waals surface area contributed by atoms with Crippen molar-refractivity contribution in [2.24, 2.45) is 11.8 Å². The summed E-state index contributed by atoms with van der Waals surface area (Å²) in [5.41, 5.74) is 1.08. The third-order valence-electron chi connectivity index (χ3n) is 10.8. The number of benzene rings is 1. The first-order valence-corrected chi connectivity index (χ1v) is 16.5. The van der Waals surface area contributed by atoms with Gasteiger partial charge in [-0.1, -0.05) is 30.3 Å². The van der Waals surface area contributed by atoms with Crippen LogP contribution in [0, 0.1) is 11.8 Å². The number of urea groups is 1. The number of nitrogens with one attached hydrogen (secondary N) is 1. The van der Waals surface area contributed by atoms with Crippen LogP contribution < -0.4 is 5.32 Å². The Morgan fingerprint density at radius 3 is 2.33 bits per heavy atom. The van der Waals surface area contributed by atoms with Crippen molar-refractivity contribution in [1.82, 2.24) is 25.1 Å². The largest absolute Gasteiger partial charge is 0.381 e. The molecule has 5 saturated heterocycles. The Balaban J connectivity index is 1.12. The lowest BCUT2D eigenvalue weighted by molar-refractivity contribution is -0.137. The predicted molar refractivity (Wildman–Crippen MR) is 161 cm³/mol. The molecule has 2 unspecified atom stereocenters. The molecular weight excluding hydrogens is 530 g/mol. The van der Waals surface area contributed by atoms with Gasteiger partial charge < -0.3 is 25.1 Å². The maximum atomic E-state index is 13.8. The number of rotatable bonds is 9. The summed E-state index contributed by atoms with van der Waals surface area (Å²) in [5.74, 6) is 0.612. The minimum atomic E-state index is -0.0760. The molecule has 5 aliphatic rings. The van der Waals surface area contributed by atoms with Crippen molar-refractivity contribution >= 4 is 11.9 Å². The van der Waals surface area contributed by atoms with Crippen LogP contribution in [0.4, 0.5) is 4.79 Å². The van der Waals surface area contributed by atoms with Gasteiger partial charge in [-0.05, 0) is 83.1 Å². The number of nitrogens with zero attached hydrogens (tertiary/aromatic N) is 4. The average molecular weight is 582 g/mol. The Labute approximate surface area is 251 Å². The molecule has 232 valence electrons. The van der Waals surface area contributed by atoms with Crippen LogP contribution in [0.2, 0.25) is 0 Å².